The first-order valence-electron chi connectivity index (χ1n) is 9.37. The molecule has 2 aromatic rings. The van der Waals surface area contributed by atoms with Gasteiger partial charge in [0.05, 0.1) is 16.9 Å². The van der Waals surface area contributed by atoms with Crippen LogP contribution in [0.25, 0.3) is 11.0 Å². The first-order valence-corrected chi connectivity index (χ1v) is 11.2. The normalized spacial score (nSPS) is 19.1. The van der Waals surface area contributed by atoms with Crippen LogP contribution in [0.4, 0.5) is 0 Å². The zero-order valence-electron chi connectivity index (χ0n) is 16.5. The fourth-order valence-corrected chi connectivity index (χ4v) is 5.22. The van der Waals surface area contributed by atoms with Crippen LogP contribution < -0.4 is 5.43 Å². The molecule has 2 atom stereocenters. The second kappa shape index (κ2) is 7.98. The molecule has 1 fully saturated rings. The Morgan fingerprint density at radius 2 is 2.03 bits per heavy atom. The summed E-state index contributed by atoms with van der Waals surface area (Å²) < 4.78 is 34.1. The van der Waals surface area contributed by atoms with Gasteiger partial charge in [-0.05, 0) is 39.3 Å². The molecule has 8 nitrogen and oxygen atoms in total. The minimum atomic E-state index is -3.16. The van der Waals surface area contributed by atoms with Crippen molar-refractivity contribution in [3.05, 3.63) is 45.8 Å². The molecule has 0 aliphatic carbocycles. The van der Waals surface area contributed by atoms with Crippen molar-refractivity contribution in [2.75, 3.05) is 18.1 Å². The number of hydrogen-bond donors (Lipinski definition) is 0. The van der Waals surface area contributed by atoms with E-state index >= 15 is 0 Å². The van der Waals surface area contributed by atoms with Crippen LogP contribution >= 0.6 is 0 Å². The maximum absolute atomic E-state index is 12.7. The molecule has 1 aromatic heterocycles. The van der Waals surface area contributed by atoms with Gasteiger partial charge in [-0.1, -0.05) is 11.6 Å². The summed E-state index contributed by atoms with van der Waals surface area (Å²) in [6.07, 6.45) is -0.786. The lowest BCUT2D eigenvalue weighted by Crippen LogP contribution is -2.46. The van der Waals surface area contributed by atoms with Gasteiger partial charge in [-0.25, -0.2) is 13.2 Å². The number of amides is 1. The number of fused-ring (bicyclic) bond motifs is 1. The number of carbonyl (C=O) groups is 2. The third-order valence-electron chi connectivity index (χ3n) is 4.99. The standard InChI is InChI=1S/C20H23NO7S/c1-4-21(14-7-8-29(25,26)11-14)19(23)13(3)27-20(24)18-10-16(22)15-9-12(2)5-6-17(15)28-18/h5-6,9-10,13-14H,4,7-8,11H2,1-3H3/t13-,14+/m1/s1. The van der Waals surface area contributed by atoms with Crippen LogP contribution in [-0.2, 0) is 19.4 Å². The van der Waals surface area contributed by atoms with Gasteiger partial charge in [-0.3, -0.25) is 9.59 Å². The maximum Gasteiger partial charge on any atom is 0.375 e. The van der Waals surface area contributed by atoms with E-state index in [2.05, 4.69) is 0 Å². The van der Waals surface area contributed by atoms with Gasteiger partial charge in [0.15, 0.2) is 21.4 Å². The van der Waals surface area contributed by atoms with Crippen LogP contribution in [0.2, 0.25) is 0 Å². The smallest absolute Gasteiger partial charge is 0.375 e. The van der Waals surface area contributed by atoms with Crippen molar-refractivity contribution < 1.29 is 27.2 Å². The van der Waals surface area contributed by atoms with E-state index in [1.54, 1.807) is 25.1 Å². The molecule has 0 unspecified atom stereocenters. The SMILES string of the molecule is CCN(C(=O)[C@@H](C)OC(=O)c1cc(=O)c2cc(C)ccc2o1)[C@H]1CCS(=O)(=O)C1. The first-order chi connectivity index (χ1) is 13.6. The fraction of sp³-hybridized carbons (Fsp3) is 0.450. The molecule has 1 saturated heterocycles. The van der Waals surface area contributed by atoms with E-state index in [1.165, 1.54) is 11.8 Å². The molecule has 1 aromatic carbocycles. The number of aryl methyl sites for hydroxylation is 1. The second-order valence-corrected chi connectivity index (χ2v) is 9.43. The summed E-state index contributed by atoms with van der Waals surface area (Å²) in [5.74, 6) is -1.76. The number of carbonyl (C=O) groups excluding carboxylic acids is 2. The number of ether oxygens (including phenoxy) is 1. The van der Waals surface area contributed by atoms with E-state index in [0.29, 0.717) is 18.4 Å². The van der Waals surface area contributed by atoms with E-state index in [9.17, 15) is 22.8 Å². The molecule has 29 heavy (non-hydrogen) atoms. The van der Waals surface area contributed by atoms with E-state index in [-0.39, 0.29) is 28.3 Å². The first kappa shape index (κ1) is 21.0. The van der Waals surface area contributed by atoms with Gasteiger partial charge in [0.25, 0.3) is 5.91 Å². The molecular weight excluding hydrogens is 398 g/mol. The highest BCUT2D eigenvalue weighted by Crippen LogP contribution is 2.20. The van der Waals surface area contributed by atoms with Gasteiger partial charge in [0.1, 0.15) is 5.58 Å². The Balaban J connectivity index is 1.76. The van der Waals surface area contributed by atoms with Crippen molar-refractivity contribution in [3.63, 3.8) is 0 Å². The summed E-state index contributed by atoms with van der Waals surface area (Å²) in [4.78, 5) is 38.8. The quantitative estimate of drug-likeness (QED) is 0.675. The number of esters is 1. The number of nitrogens with zero attached hydrogens (tertiary/aromatic N) is 1. The lowest BCUT2D eigenvalue weighted by molar-refractivity contribution is -0.141. The van der Waals surface area contributed by atoms with Gasteiger partial charge in [0.2, 0.25) is 5.76 Å². The summed E-state index contributed by atoms with van der Waals surface area (Å²) in [5.41, 5.74) is 0.750. The minimum absolute atomic E-state index is 0.0390. The maximum atomic E-state index is 12.7. The molecule has 9 heteroatoms. The van der Waals surface area contributed by atoms with Gasteiger partial charge < -0.3 is 14.1 Å². The largest absolute Gasteiger partial charge is 0.449 e. The molecule has 0 saturated carbocycles. The molecule has 0 radical (unpaired) electrons. The second-order valence-electron chi connectivity index (χ2n) is 7.20. The van der Waals surface area contributed by atoms with Crippen molar-refractivity contribution in [1.29, 1.82) is 0 Å². The molecule has 0 bridgehead atoms. The van der Waals surface area contributed by atoms with Crippen LogP contribution in [0.5, 0.6) is 0 Å². The molecule has 0 spiro atoms. The lowest BCUT2D eigenvalue weighted by Gasteiger charge is -2.29. The number of hydrogen-bond acceptors (Lipinski definition) is 7. The van der Waals surface area contributed by atoms with Gasteiger partial charge in [-0.15, -0.1) is 0 Å². The topological polar surface area (TPSA) is 111 Å². The predicted octanol–water partition coefficient (Wildman–Crippen LogP) is 1.68. The zero-order chi connectivity index (χ0) is 21.3. The number of benzene rings is 1. The third-order valence-corrected chi connectivity index (χ3v) is 6.74. The van der Waals surface area contributed by atoms with Crippen LogP contribution in [0.3, 0.4) is 0 Å². The van der Waals surface area contributed by atoms with Crippen molar-refractivity contribution in [3.8, 4) is 0 Å². The van der Waals surface area contributed by atoms with Crippen molar-refractivity contribution in [2.45, 2.75) is 39.3 Å². The third kappa shape index (κ3) is 4.50. The summed E-state index contributed by atoms with van der Waals surface area (Å²) >= 11 is 0. The van der Waals surface area contributed by atoms with E-state index in [0.717, 1.165) is 11.6 Å². The minimum Gasteiger partial charge on any atom is -0.449 e. The summed E-state index contributed by atoms with van der Waals surface area (Å²) in [5, 5.41) is 0.352. The molecule has 3 rings (SSSR count). The lowest BCUT2D eigenvalue weighted by atomic mass is 10.1. The van der Waals surface area contributed by atoms with Crippen LogP contribution in [-0.4, -0.2) is 55.4 Å². The summed E-state index contributed by atoms with van der Waals surface area (Å²) in [6, 6.07) is 5.62. The van der Waals surface area contributed by atoms with Crippen molar-refractivity contribution in [1.82, 2.24) is 4.90 Å². The highest BCUT2D eigenvalue weighted by atomic mass is 32.2. The number of rotatable bonds is 5. The highest BCUT2D eigenvalue weighted by molar-refractivity contribution is 7.91. The number of likely N-dealkylation sites (N-methyl/N-ethyl adjacent to an activating group) is 1. The molecule has 1 aliphatic rings. The Hall–Kier alpha value is -2.68. The van der Waals surface area contributed by atoms with Crippen LogP contribution in [0.1, 0.15) is 36.4 Å². The zero-order valence-corrected chi connectivity index (χ0v) is 17.3. The van der Waals surface area contributed by atoms with Crippen molar-refractivity contribution in [2.24, 2.45) is 0 Å². The van der Waals surface area contributed by atoms with Gasteiger partial charge >= 0.3 is 5.97 Å². The van der Waals surface area contributed by atoms with Gasteiger partial charge in [0, 0.05) is 18.7 Å². The molecule has 1 aliphatic heterocycles. The Bertz CT molecular complexity index is 1120. The molecule has 1 amide bonds. The molecule has 0 N–H and O–H groups in total. The van der Waals surface area contributed by atoms with E-state index < -0.39 is 33.9 Å². The van der Waals surface area contributed by atoms with Crippen LogP contribution in [0.15, 0.2) is 33.5 Å². The van der Waals surface area contributed by atoms with Crippen LogP contribution in [0, 0.1) is 6.92 Å². The summed E-state index contributed by atoms with van der Waals surface area (Å²) in [7, 11) is -3.16. The highest BCUT2D eigenvalue weighted by Gasteiger charge is 2.36. The van der Waals surface area contributed by atoms with E-state index in [4.69, 9.17) is 9.15 Å². The average Bonchev–Trinajstić information content (AvgIpc) is 3.02. The monoisotopic (exact) mass is 421 g/mol. The summed E-state index contributed by atoms with van der Waals surface area (Å²) in [6.45, 7) is 5.28. The Labute approximate surface area is 168 Å². The Kier molecular flexibility index (Phi) is 5.79. The molecular formula is C20H23NO7S. The van der Waals surface area contributed by atoms with E-state index in [1.807, 2.05) is 6.92 Å². The molecule has 2 heterocycles. The number of sulfone groups is 1. The van der Waals surface area contributed by atoms with Gasteiger partial charge in [-0.2, -0.15) is 0 Å². The molecule has 156 valence electrons. The Morgan fingerprint density at radius 1 is 1.31 bits per heavy atom. The predicted molar refractivity (Wildman–Crippen MR) is 107 cm³/mol. The average molecular weight is 421 g/mol. The van der Waals surface area contributed by atoms with Crippen molar-refractivity contribution >= 4 is 32.7 Å². The Morgan fingerprint density at radius 3 is 2.66 bits per heavy atom. The fourth-order valence-electron chi connectivity index (χ4n) is 3.49.